The largest absolute Gasteiger partial charge is 0.295 e. The van der Waals surface area contributed by atoms with E-state index >= 15 is 0 Å². The fraction of sp³-hybridized carbons (Fsp3) is 0.125. The summed E-state index contributed by atoms with van der Waals surface area (Å²) in [6.45, 7) is 1.54. The summed E-state index contributed by atoms with van der Waals surface area (Å²) in [5.41, 5.74) is 1.10. The van der Waals surface area contributed by atoms with Crippen LogP contribution < -0.4 is 0 Å². The van der Waals surface area contributed by atoms with Gasteiger partial charge in [-0.2, -0.15) is 11.3 Å². The maximum Gasteiger partial charge on any atom is 0.152 e. The Morgan fingerprint density at radius 2 is 2.50 bits per heavy atom. The highest BCUT2D eigenvalue weighted by atomic mass is 32.1. The van der Waals surface area contributed by atoms with E-state index in [1.165, 1.54) is 0 Å². The smallest absolute Gasteiger partial charge is 0.152 e. The lowest BCUT2D eigenvalue weighted by atomic mass is 10.3. The Labute approximate surface area is 64.0 Å². The highest BCUT2D eigenvalue weighted by molar-refractivity contribution is 7.08. The molecule has 0 N–H and O–H groups in total. The van der Waals surface area contributed by atoms with Gasteiger partial charge in [-0.15, -0.1) is 0 Å². The minimum Gasteiger partial charge on any atom is -0.295 e. The van der Waals surface area contributed by atoms with Crippen molar-refractivity contribution >= 4 is 23.2 Å². The number of rotatable bonds is 2. The van der Waals surface area contributed by atoms with E-state index in [2.05, 4.69) is 0 Å². The first kappa shape index (κ1) is 7.22. The molecule has 0 aliphatic carbocycles. The van der Waals surface area contributed by atoms with Crippen molar-refractivity contribution in [3.63, 3.8) is 0 Å². The van der Waals surface area contributed by atoms with Crippen molar-refractivity contribution in [2.75, 3.05) is 0 Å². The molecule has 0 radical (unpaired) electrons. The Morgan fingerprint density at radius 1 is 1.70 bits per heavy atom. The molecule has 1 aromatic heterocycles. The number of thiophene rings is 1. The first-order chi connectivity index (χ1) is 4.79. The van der Waals surface area contributed by atoms with Crippen molar-refractivity contribution in [2.24, 2.45) is 0 Å². The molecule has 0 aromatic carbocycles. The van der Waals surface area contributed by atoms with Crippen LogP contribution in [0.2, 0.25) is 0 Å². The molecule has 0 amide bonds. The molecule has 1 heterocycles. The van der Waals surface area contributed by atoms with Crippen molar-refractivity contribution in [3.05, 3.63) is 28.5 Å². The normalized spacial score (nSPS) is 10.5. The summed E-state index contributed by atoms with van der Waals surface area (Å²) >= 11 is 1.63. The van der Waals surface area contributed by atoms with Gasteiger partial charge in [0.25, 0.3) is 0 Å². The zero-order chi connectivity index (χ0) is 7.40. The second kappa shape index (κ2) is 3.32. The average molecular weight is 152 g/mol. The molecule has 0 spiro atoms. The van der Waals surface area contributed by atoms with E-state index in [0.29, 0.717) is 0 Å². The predicted octanol–water partition coefficient (Wildman–Crippen LogP) is 2.35. The Kier molecular flexibility index (Phi) is 2.40. The van der Waals surface area contributed by atoms with Crippen molar-refractivity contribution in [1.82, 2.24) is 0 Å². The molecule has 0 saturated carbocycles. The zero-order valence-electron chi connectivity index (χ0n) is 5.70. The van der Waals surface area contributed by atoms with Gasteiger partial charge in [0, 0.05) is 0 Å². The molecule has 1 rings (SSSR count). The second-order valence-corrected chi connectivity index (χ2v) is 2.78. The number of allylic oxidation sites excluding steroid dienone is 1. The lowest BCUT2D eigenvalue weighted by Crippen LogP contribution is -1.77. The average Bonchev–Trinajstić information content (AvgIpc) is 2.34. The summed E-state index contributed by atoms with van der Waals surface area (Å²) in [5, 5.41) is 3.99. The molecule has 52 valence electrons. The summed E-state index contributed by atoms with van der Waals surface area (Å²) in [5.74, 6) is 0.0891. The van der Waals surface area contributed by atoms with E-state index in [4.69, 9.17) is 0 Å². The fourth-order valence-corrected chi connectivity index (χ4v) is 1.21. The van der Waals surface area contributed by atoms with E-state index < -0.39 is 0 Å². The fourth-order valence-electron chi connectivity index (χ4n) is 0.583. The summed E-state index contributed by atoms with van der Waals surface area (Å²) in [6.07, 6.45) is 3.39. The van der Waals surface area contributed by atoms with Gasteiger partial charge >= 0.3 is 0 Å². The van der Waals surface area contributed by atoms with Gasteiger partial charge in [0.15, 0.2) is 5.78 Å². The van der Waals surface area contributed by atoms with Crippen LogP contribution in [0.15, 0.2) is 22.9 Å². The van der Waals surface area contributed by atoms with Gasteiger partial charge in [0.1, 0.15) is 0 Å². The van der Waals surface area contributed by atoms with Crippen LogP contribution in [-0.2, 0) is 4.79 Å². The molecule has 0 aliphatic rings. The third-order valence-corrected chi connectivity index (χ3v) is 1.76. The van der Waals surface area contributed by atoms with Gasteiger partial charge in [0.05, 0.1) is 0 Å². The number of hydrogen-bond donors (Lipinski definition) is 0. The molecule has 2 heteroatoms. The van der Waals surface area contributed by atoms with E-state index in [-0.39, 0.29) is 5.78 Å². The summed E-state index contributed by atoms with van der Waals surface area (Å²) < 4.78 is 0. The standard InChI is InChI=1S/C8H8OS/c1-7(9)2-3-8-4-5-10-6-8/h2-6H,1H3. The van der Waals surface area contributed by atoms with Crippen molar-refractivity contribution < 1.29 is 4.79 Å². The van der Waals surface area contributed by atoms with Crippen LogP contribution in [-0.4, -0.2) is 5.78 Å². The second-order valence-electron chi connectivity index (χ2n) is 2.00. The highest BCUT2D eigenvalue weighted by Crippen LogP contribution is 2.07. The number of carbonyl (C=O) groups is 1. The van der Waals surface area contributed by atoms with Crippen LogP contribution in [0.4, 0.5) is 0 Å². The molecular weight excluding hydrogens is 144 g/mol. The van der Waals surface area contributed by atoms with Crippen LogP contribution >= 0.6 is 11.3 Å². The molecule has 0 atom stereocenters. The van der Waals surface area contributed by atoms with Gasteiger partial charge in [-0.05, 0) is 35.4 Å². The Hall–Kier alpha value is -0.890. The quantitative estimate of drug-likeness (QED) is 0.594. The predicted molar refractivity (Wildman–Crippen MR) is 44.0 cm³/mol. The van der Waals surface area contributed by atoms with E-state index in [1.807, 2.05) is 22.9 Å². The topological polar surface area (TPSA) is 17.1 Å². The molecule has 0 saturated heterocycles. The molecule has 1 aromatic rings. The molecule has 10 heavy (non-hydrogen) atoms. The van der Waals surface area contributed by atoms with E-state index in [0.717, 1.165) is 5.56 Å². The third-order valence-electron chi connectivity index (χ3n) is 1.05. The molecular formula is C8H8OS. The van der Waals surface area contributed by atoms with Gasteiger partial charge in [0.2, 0.25) is 0 Å². The maximum absolute atomic E-state index is 10.5. The minimum absolute atomic E-state index is 0.0891. The number of hydrogen-bond acceptors (Lipinski definition) is 2. The van der Waals surface area contributed by atoms with Gasteiger partial charge in [-0.3, -0.25) is 4.79 Å². The zero-order valence-corrected chi connectivity index (χ0v) is 6.52. The van der Waals surface area contributed by atoms with Crippen LogP contribution in [0.1, 0.15) is 12.5 Å². The Bertz CT molecular complexity index is 234. The molecule has 0 aliphatic heterocycles. The summed E-state index contributed by atoms with van der Waals surface area (Å²) in [7, 11) is 0. The number of ketones is 1. The minimum atomic E-state index is 0.0891. The SMILES string of the molecule is CC(=O)C=Cc1ccsc1. The first-order valence-electron chi connectivity index (χ1n) is 3.00. The van der Waals surface area contributed by atoms with Crippen molar-refractivity contribution in [3.8, 4) is 0 Å². The van der Waals surface area contributed by atoms with Crippen molar-refractivity contribution in [1.29, 1.82) is 0 Å². The lowest BCUT2D eigenvalue weighted by Gasteiger charge is -1.79. The van der Waals surface area contributed by atoms with Crippen molar-refractivity contribution in [2.45, 2.75) is 6.92 Å². The monoisotopic (exact) mass is 152 g/mol. The van der Waals surface area contributed by atoms with Crippen LogP contribution in [0.25, 0.3) is 6.08 Å². The lowest BCUT2D eigenvalue weighted by molar-refractivity contribution is -0.112. The van der Waals surface area contributed by atoms with E-state index in [1.54, 1.807) is 24.3 Å². The first-order valence-corrected chi connectivity index (χ1v) is 3.94. The molecule has 0 bridgehead atoms. The van der Waals surface area contributed by atoms with Crippen LogP contribution in [0.5, 0.6) is 0 Å². The third kappa shape index (κ3) is 2.15. The molecule has 0 fully saturated rings. The van der Waals surface area contributed by atoms with Crippen LogP contribution in [0.3, 0.4) is 0 Å². The van der Waals surface area contributed by atoms with E-state index in [9.17, 15) is 4.79 Å². The Balaban J connectivity index is 2.64. The molecule has 0 unspecified atom stereocenters. The number of carbonyl (C=O) groups excluding carboxylic acids is 1. The van der Waals surface area contributed by atoms with Gasteiger partial charge in [-0.1, -0.05) is 6.08 Å². The summed E-state index contributed by atoms with van der Waals surface area (Å²) in [6, 6.07) is 1.98. The Morgan fingerprint density at radius 3 is 3.00 bits per heavy atom. The van der Waals surface area contributed by atoms with Gasteiger partial charge in [-0.25, -0.2) is 0 Å². The molecule has 1 nitrogen and oxygen atoms in total. The van der Waals surface area contributed by atoms with Crippen LogP contribution in [0, 0.1) is 0 Å². The highest BCUT2D eigenvalue weighted by Gasteiger charge is 1.85. The maximum atomic E-state index is 10.5. The summed E-state index contributed by atoms with van der Waals surface area (Å²) in [4.78, 5) is 10.5. The van der Waals surface area contributed by atoms with Gasteiger partial charge < -0.3 is 0 Å².